The number of rotatable bonds is 4. The van der Waals surface area contributed by atoms with E-state index in [-0.39, 0.29) is 18.1 Å². The molecule has 4 heterocycles. The first kappa shape index (κ1) is 18.2. The fourth-order valence-electron chi connectivity index (χ4n) is 5.20. The summed E-state index contributed by atoms with van der Waals surface area (Å²) in [6.45, 7) is 0. The number of carbonyl (C=O) groups is 1. The van der Waals surface area contributed by atoms with Gasteiger partial charge < -0.3 is 10.3 Å². The number of nitrogens with zero attached hydrogens (tertiary/aromatic N) is 4. The van der Waals surface area contributed by atoms with Gasteiger partial charge in [-0.15, -0.1) is 0 Å². The molecule has 1 fully saturated rings. The third kappa shape index (κ3) is 2.84. The Kier molecular flexibility index (Phi) is 3.93. The molecule has 0 unspecified atom stereocenters. The van der Waals surface area contributed by atoms with Crippen LogP contribution in [0.15, 0.2) is 48.8 Å². The molecule has 7 heteroatoms. The van der Waals surface area contributed by atoms with E-state index in [1.165, 1.54) is 12.3 Å². The Balaban J connectivity index is 1.59. The average Bonchev–Trinajstić information content (AvgIpc) is 3.46. The fourth-order valence-corrected chi connectivity index (χ4v) is 5.20. The van der Waals surface area contributed by atoms with Crippen molar-refractivity contribution in [1.29, 1.82) is 0 Å². The molecule has 1 aliphatic heterocycles. The van der Waals surface area contributed by atoms with Crippen molar-refractivity contribution in [3.8, 4) is 22.6 Å². The quantitative estimate of drug-likeness (QED) is 0.545. The molecule has 2 atom stereocenters. The normalized spacial score (nSPS) is 19.1. The van der Waals surface area contributed by atoms with Gasteiger partial charge in [0.25, 0.3) is 0 Å². The topological polar surface area (TPSA) is 86.7 Å². The number of primary amides is 1. The molecule has 154 valence electrons. The minimum atomic E-state index is -0.378. The number of benzene rings is 1. The molecule has 0 radical (unpaired) electrons. The lowest BCUT2D eigenvalue weighted by molar-refractivity contribution is -0.117. The summed E-state index contributed by atoms with van der Waals surface area (Å²) in [7, 11) is 0. The predicted octanol–water partition coefficient (Wildman–Crippen LogP) is 4.15. The molecule has 1 aliphatic carbocycles. The summed E-state index contributed by atoms with van der Waals surface area (Å²) in [6, 6.07) is 11.4. The largest absolute Gasteiger partial charge is 0.369 e. The maximum absolute atomic E-state index is 13.5. The summed E-state index contributed by atoms with van der Waals surface area (Å²) in [4.78, 5) is 25.3. The lowest BCUT2D eigenvalue weighted by atomic mass is 10.0. The van der Waals surface area contributed by atoms with Gasteiger partial charge in [0.2, 0.25) is 5.91 Å². The molecule has 31 heavy (non-hydrogen) atoms. The summed E-state index contributed by atoms with van der Waals surface area (Å²) < 4.78 is 15.9. The fraction of sp³-hybridized carbons (Fsp3) is 0.250. The molecule has 0 saturated heterocycles. The number of hydrogen-bond acceptors (Lipinski definition) is 4. The van der Waals surface area contributed by atoms with Crippen LogP contribution in [0.3, 0.4) is 0 Å². The van der Waals surface area contributed by atoms with Gasteiger partial charge in [0.1, 0.15) is 17.3 Å². The molecule has 1 saturated carbocycles. The first-order valence-electron chi connectivity index (χ1n) is 10.5. The predicted molar refractivity (Wildman–Crippen MR) is 115 cm³/mol. The highest BCUT2D eigenvalue weighted by atomic mass is 19.1. The lowest BCUT2D eigenvalue weighted by Gasteiger charge is -2.18. The summed E-state index contributed by atoms with van der Waals surface area (Å²) in [5, 5.41) is 0.899. The molecule has 3 aromatic heterocycles. The minimum absolute atomic E-state index is 0.157. The molecule has 0 spiro atoms. The molecular formula is C24H20FN5O. The Bertz CT molecular complexity index is 1340. The van der Waals surface area contributed by atoms with Crippen LogP contribution in [0.2, 0.25) is 0 Å². The van der Waals surface area contributed by atoms with E-state index in [2.05, 4.69) is 20.6 Å². The van der Waals surface area contributed by atoms with E-state index in [4.69, 9.17) is 10.7 Å². The number of carbonyl (C=O) groups excluding carboxylic acids is 1. The molecule has 1 aromatic carbocycles. The summed E-state index contributed by atoms with van der Waals surface area (Å²) in [6.07, 6.45) is 6.50. The van der Waals surface area contributed by atoms with Crippen molar-refractivity contribution in [1.82, 2.24) is 19.5 Å². The van der Waals surface area contributed by atoms with Crippen molar-refractivity contribution >= 4 is 16.8 Å². The van der Waals surface area contributed by atoms with Gasteiger partial charge >= 0.3 is 0 Å². The second-order valence-electron chi connectivity index (χ2n) is 8.41. The van der Waals surface area contributed by atoms with Gasteiger partial charge in [-0.05, 0) is 55.2 Å². The Morgan fingerprint density at radius 3 is 2.87 bits per heavy atom. The van der Waals surface area contributed by atoms with Crippen molar-refractivity contribution in [2.24, 2.45) is 5.73 Å². The highest BCUT2D eigenvalue weighted by Crippen LogP contribution is 2.52. The van der Waals surface area contributed by atoms with Crippen LogP contribution in [-0.4, -0.2) is 25.4 Å². The van der Waals surface area contributed by atoms with Crippen LogP contribution in [0.4, 0.5) is 4.39 Å². The van der Waals surface area contributed by atoms with Crippen molar-refractivity contribution in [2.45, 2.75) is 37.6 Å². The number of nitrogens with two attached hydrogens (primary N) is 1. The van der Waals surface area contributed by atoms with Crippen LogP contribution in [0.25, 0.3) is 33.5 Å². The summed E-state index contributed by atoms with van der Waals surface area (Å²) in [5.41, 5.74) is 10.5. The number of fused-ring (bicyclic) bond motifs is 6. The molecule has 4 aromatic rings. The third-order valence-electron chi connectivity index (χ3n) is 6.51. The van der Waals surface area contributed by atoms with Gasteiger partial charge in [-0.1, -0.05) is 6.07 Å². The van der Waals surface area contributed by atoms with Crippen LogP contribution >= 0.6 is 0 Å². The molecule has 2 N–H and O–H groups in total. The third-order valence-corrected chi connectivity index (χ3v) is 6.51. The monoisotopic (exact) mass is 413 g/mol. The summed E-state index contributed by atoms with van der Waals surface area (Å²) >= 11 is 0. The van der Waals surface area contributed by atoms with Crippen LogP contribution < -0.4 is 5.73 Å². The highest BCUT2D eigenvalue weighted by Gasteiger charge is 2.41. The molecule has 2 aliphatic rings. The second kappa shape index (κ2) is 6.70. The van der Waals surface area contributed by atoms with Crippen molar-refractivity contribution < 1.29 is 9.18 Å². The lowest BCUT2D eigenvalue weighted by Crippen LogP contribution is -2.14. The van der Waals surface area contributed by atoms with Crippen LogP contribution in [0.1, 0.15) is 42.6 Å². The molecule has 2 bridgehead atoms. The average molecular weight is 413 g/mol. The number of amides is 1. The standard InChI is InChI=1S/C24H20FN5O/c25-16-3-6-20(28-12-16)22-23(30-17-4-1-15(9-17)24(30)29-22)14-2-5-19-18(10-14)13(7-8-27-19)11-21(26)31/h2-3,5-8,10,12,15,17H,1,4,9,11H2,(H2,26,31)/t15-,17+/m1/s1. The molecule has 6 rings (SSSR count). The van der Waals surface area contributed by atoms with Crippen molar-refractivity contribution in [2.75, 3.05) is 0 Å². The summed E-state index contributed by atoms with van der Waals surface area (Å²) in [5.74, 6) is 0.808. The van der Waals surface area contributed by atoms with Crippen LogP contribution in [0.5, 0.6) is 0 Å². The SMILES string of the molecule is NC(=O)Cc1ccnc2ccc(-c3c(-c4ccc(F)cn4)nc4n3[C@H]3CC[C@@H]4C3)cc12. The molecule has 6 nitrogen and oxygen atoms in total. The van der Waals surface area contributed by atoms with Gasteiger partial charge in [-0.2, -0.15) is 0 Å². The van der Waals surface area contributed by atoms with E-state index in [1.807, 2.05) is 18.2 Å². The molecule has 1 amide bonds. The van der Waals surface area contributed by atoms with Crippen molar-refractivity contribution in [3.63, 3.8) is 0 Å². The van der Waals surface area contributed by atoms with E-state index in [0.29, 0.717) is 17.7 Å². The smallest absolute Gasteiger partial charge is 0.221 e. The van der Waals surface area contributed by atoms with E-state index < -0.39 is 0 Å². The maximum Gasteiger partial charge on any atom is 0.221 e. The zero-order chi connectivity index (χ0) is 21.1. The number of hydrogen-bond donors (Lipinski definition) is 1. The zero-order valence-corrected chi connectivity index (χ0v) is 16.8. The van der Waals surface area contributed by atoms with Crippen LogP contribution in [0, 0.1) is 5.82 Å². The van der Waals surface area contributed by atoms with Gasteiger partial charge in [0.05, 0.1) is 29.5 Å². The first-order valence-corrected chi connectivity index (χ1v) is 10.5. The van der Waals surface area contributed by atoms with Gasteiger partial charge in [0, 0.05) is 29.1 Å². The molecular weight excluding hydrogens is 393 g/mol. The number of aromatic nitrogens is 4. The van der Waals surface area contributed by atoms with E-state index in [1.54, 1.807) is 12.3 Å². The van der Waals surface area contributed by atoms with Gasteiger partial charge in [-0.25, -0.2) is 9.37 Å². The second-order valence-corrected chi connectivity index (χ2v) is 8.41. The first-order chi connectivity index (χ1) is 15.1. The highest BCUT2D eigenvalue weighted by molar-refractivity contribution is 5.92. The maximum atomic E-state index is 13.5. The number of imidazole rings is 1. The van der Waals surface area contributed by atoms with Gasteiger partial charge in [-0.3, -0.25) is 14.8 Å². The Morgan fingerprint density at radius 1 is 1.16 bits per heavy atom. The Morgan fingerprint density at radius 2 is 2.06 bits per heavy atom. The van der Waals surface area contributed by atoms with Crippen molar-refractivity contribution in [3.05, 3.63) is 66.0 Å². The zero-order valence-electron chi connectivity index (χ0n) is 16.8. The number of pyridine rings is 2. The Hall–Kier alpha value is -3.61. The minimum Gasteiger partial charge on any atom is -0.369 e. The van der Waals surface area contributed by atoms with Gasteiger partial charge in [0.15, 0.2) is 0 Å². The van der Waals surface area contributed by atoms with E-state index in [0.717, 1.165) is 58.5 Å². The van der Waals surface area contributed by atoms with E-state index in [9.17, 15) is 9.18 Å². The number of halogens is 1. The van der Waals surface area contributed by atoms with Crippen LogP contribution in [-0.2, 0) is 11.2 Å². The Labute approximate surface area is 178 Å². The van der Waals surface area contributed by atoms with E-state index >= 15 is 0 Å².